The highest BCUT2D eigenvalue weighted by molar-refractivity contribution is 6.50. The standard InChI is InChI=1S/C14H14N2O3/c1-8-5-13(18)11(7-12(8)17)16-10-4-3-9(15)6-14(10)19-2/h3-6H,7,15H2,1-2H3. The Kier molecular flexibility index (Phi) is 3.46. The predicted octanol–water partition coefficient (Wildman–Crippen LogP) is 1.84. The van der Waals surface area contributed by atoms with Crippen molar-refractivity contribution in [2.75, 3.05) is 12.8 Å². The van der Waals surface area contributed by atoms with Gasteiger partial charge >= 0.3 is 0 Å². The summed E-state index contributed by atoms with van der Waals surface area (Å²) >= 11 is 0. The molecular weight excluding hydrogens is 244 g/mol. The quantitative estimate of drug-likeness (QED) is 0.820. The zero-order valence-electron chi connectivity index (χ0n) is 10.8. The van der Waals surface area contributed by atoms with Crippen LogP contribution in [0.3, 0.4) is 0 Å². The van der Waals surface area contributed by atoms with Gasteiger partial charge in [0.25, 0.3) is 0 Å². The first-order valence-corrected chi connectivity index (χ1v) is 5.78. The van der Waals surface area contributed by atoms with E-state index in [2.05, 4.69) is 4.99 Å². The molecule has 2 rings (SSSR count). The van der Waals surface area contributed by atoms with Crippen LogP contribution in [0.2, 0.25) is 0 Å². The third kappa shape index (κ3) is 2.70. The molecule has 0 spiro atoms. The maximum atomic E-state index is 11.8. The molecule has 1 aliphatic rings. The van der Waals surface area contributed by atoms with E-state index in [1.807, 2.05) is 0 Å². The number of carbonyl (C=O) groups is 2. The molecule has 0 saturated carbocycles. The first-order chi connectivity index (χ1) is 9.01. The molecule has 0 aliphatic heterocycles. The number of anilines is 1. The minimum absolute atomic E-state index is 0.0225. The smallest absolute Gasteiger partial charge is 0.200 e. The van der Waals surface area contributed by atoms with Gasteiger partial charge in [-0.25, -0.2) is 4.99 Å². The molecule has 0 heterocycles. The van der Waals surface area contributed by atoms with Crippen LogP contribution in [0.25, 0.3) is 0 Å². The van der Waals surface area contributed by atoms with Gasteiger partial charge in [0.1, 0.15) is 11.4 Å². The Morgan fingerprint density at radius 3 is 2.74 bits per heavy atom. The van der Waals surface area contributed by atoms with E-state index in [4.69, 9.17) is 10.5 Å². The lowest BCUT2D eigenvalue weighted by Crippen LogP contribution is -2.22. The number of carbonyl (C=O) groups excluding carboxylic acids is 2. The lowest BCUT2D eigenvalue weighted by Gasteiger charge is -2.11. The van der Waals surface area contributed by atoms with Crippen LogP contribution in [-0.2, 0) is 9.59 Å². The van der Waals surface area contributed by atoms with E-state index < -0.39 is 0 Å². The second kappa shape index (κ2) is 5.06. The summed E-state index contributed by atoms with van der Waals surface area (Å²) in [6.45, 7) is 1.63. The highest BCUT2D eigenvalue weighted by Crippen LogP contribution is 2.30. The van der Waals surface area contributed by atoms with E-state index in [9.17, 15) is 9.59 Å². The van der Waals surface area contributed by atoms with Crippen molar-refractivity contribution >= 4 is 28.7 Å². The van der Waals surface area contributed by atoms with Gasteiger partial charge < -0.3 is 10.5 Å². The third-order valence-electron chi connectivity index (χ3n) is 2.86. The fourth-order valence-electron chi connectivity index (χ4n) is 1.77. The van der Waals surface area contributed by atoms with Crippen LogP contribution in [0.5, 0.6) is 5.75 Å². The number of hydrogen-bond acceptors (Lipinski definition) is 5. The lowest BCUT2D eigenvalue weighted by atomic mass is 9.96. The number of rotatable bonds is 2. The van der Waals surface area contributed by atoms with Gasteiger partial charge in [0.2, 0.25) is 5.78 Å². The first kappa shape index (κ1) is 13.0. The van der Waals surface area contributed by atoms with Crippen molar-refractivity contribution in [1.29, 1.82) is 0 Å². The summed E-state index contributed by atoms with van der Waals surface area (Å²) in [5.74, 6) is 0.141. The SMILES string of the molecule is COc1cc(N)ccc1N=C1CC(=O)C(C)=CC1=O. The van der Waals surface area contributed by atoms with Crippen LogP contribution in [-0.4, -0.2) is 24.4 Å². The summed E-state index contributed by atoms with van der Waals surface area (Å²) in [5, 5.41) is 0. The number of hydrogen-bond donors (Lipinski definition) is 1. The number of Topliss-reactive ketones (excluding diaryl/α,β-unsaturated/α-hetero) is 1. The highest BCUT2D eigenvalue weighted by Gasteiger charge is 2.22. The lowest BCUT2D eigenvalue weighted by molar-refractivity contribution is -0.116. The van der Waals surface area contributed by atoms with Crippen LogP contribution in [0.4, 0.5) is 11.4 Å². The number of ether oxygens (including phenoxy) is 1. The fraction of sp³-hybridized carbons (Fsp3) is 0.214. The van der Waals surface area contributed by atoms with Gasteiger partial charge in [-0.2, -0.15) is 0 Å². The highest BCUT2D eigenvalue weighted by atomic mass is 16.5. The second-order valence-electron chi connectivity index (χ2n) is 4.28. The average Bonchev–Trinajstić information content (AvgIpc) is 2.37. The largest absolute Gasteiger partial charge is 0.494 e. The number of aliphatic imine (C=N–C) groups is 1. The molecule has 1 aliphatic carbocycles. The Balaban J connectivity index is 2.42. The number of nitrogens with two attached hydrogens (primary N) is 1. The van der Waals surface area contributed by atoms with Crippen molar-refractivity contribution in [2.24, 2.45) is 4.99 Å². The topological polar surface area (TPSA) is 81.8 Å². The van der Waals surface area contributed by atoms with Crippen LogP contribution >= 0.6 is 0 Å². The fourth-order valence-corrected chi connectivity index (χ4v) is 1.77. The van der Waals surface area contributed by atoms with Crippen molar-refractivity contribution in [3.63, 3.8) is 0 Å². The summed E-state index contributed by atoms with van der Waals surface area (Å²) in [6, 6.07) is 4.94. The molecule has 98 valence electrons. The van der Waals surface area contributed by atoms with E-state index in [1.54, 1.807) is 25.1 Å². The van der Waals surface area contributed by atoms with E-state index >= 15 is 0 Å². The van der Waals surface area contributed by atoms with Gasteiger partial charge in [0.05, 0.1) is 19.2 Å². The second-order valence-corrected chi connectivity index (χ2v) is 4.28. The van der Waals surface area contributed by atoms with E-state index in [0.29, 0.717) is 22.7 Å². The van der Waals surface area contributed by atoms with E-state index in [-0.39, 0.29) is 23.7 Å². The van der Waals surface area contributed by atoms with Gasteiger partial charge in [-0.3, -0.25) is 9.59 Å². The van der Waals surface area contributed by atoms with Gasteiger partial charge in [-0.1, -0.05) is 0 Å². The Labute approximate surface area is 110 Å². The van der Waals surface area contributed by atoms with Crippen LogP contribution in [0, 0.1) is 0 Å². The maximum absolute atomic E-state index is 11.8. The van der Waals surface area contributed by atoms with Crippen molar-refractivity contribution in [3.05, 3.63) is 29.8 Å². The Hall–Kier alpha value is -2.43. The van der Waals surface area contributed by atoms with Crippen molar-refractivity contribution < 1.29 is 14.3 Å². The molecule has 0 saturated heterocycles. The molecule has 0 fully saturated rings. The summed E-state index contributed by atoms with van der Waals surface area (Å²) in [7, 11) is 1.50. The summed E-state index contributed by atoms with van der Waals surface area (Å²) in [5.41, 5.74) is 7.36. The molecule has 0 atom stereocenters. The molecular formula is C14H14N2O3. The number of nitrogens with zero attached hydrogens (tertiary/aromatic N) is 1. The minimum Gasteiger partial charge on any atom is -0.494 e. The maximum Gasteiger partial charge on any atom is 0.200 e. The molecule has 0 aromatic heterocycles. The molecule has 5 heteroatoms. The van der Waals surface area contributed by atoms with Crippen molar-refractivity contribution in [3.8, 4) is 5.75 Å². The number of ketones is 2. The molecule has 0 bridgehead atoms. The zero-order valence-corrected chi connectivity index (χ0v) is 10.8. The summed E-state index contributed by atoms with van der Waals surface area (Å²) < 4.78 is 5.15. The Morgan fingerprint density at radius 1 is 1.32 bits per heavy atom. The summed E-state index contributed by atoms with van der Waals surface area (Å²) in [6.07, 6.45) is 1.34. The van der Waals surface area contributed by atoms with Gasteiger partial charge in [0, 0.05) is 11.8 Å². The molecule has 19 heavy (non-hydrogen) atoms. The number of methoxy groups -OCH3 is 1. The van der Waals surface area contributed by atoms with Gasteiger partial charge in [-0.05, 0) is 30.7 Å². The number of nitrogen functional groups attached to an aromatic ring is 1. The monoisotopic (exact) mass is 258 g/mol. The average molecular weight is 258 g/mol. The minimum atomic E-state index is -0.240. The summed E-state index contributed by atoms with van der Waals surface area (Å²) in [4.78, 5) is 27.6. The first-order valence-electron chi connectivity index (χ1n) is 5.78. The predicted molar refractivity (Wildman–Crippen MR) is 72.9 cm³/mol. The van der Waals surface area contributed by atoms with Crippen LogP contribution in [0.15, 0.2) is 34.8 Å². The molecule has 1 aromatic carbocycles. The molecule has 0 radical (unpaired) electrons. The Morgan fingerprint density at radius 2 is 2.05 bits per heavy atom. The van der Waals surface area contributed by atoms with Crippen LogP contribution in [0.1, 0.15) is 13.3 Å². The Bertz CT molecular complexity index is 615. The van der Waals surface area contributed by atoms with E-state index in [1.165, 1.54) is 13.2 Å². The van der Waals surface area contributed by atoms with E-state index in [0.717, 1.165) is 0 Å². The molecule has 1 aromatic rings. The number of allylic oxidation sites excluding steroid dienone is 2. The van der Waals surface area contributed by atoms with Gasteiger partial charge in [0.15, 0.2) is 5.78 Å². The van der Waals surface area contributed by atoms with Crippen molar-refractivity contribution in [2.45, 2.75) is 13.3 Å². The zero-order chi connectivity index (χ0) is 14.0. The van der Waals surface area contributed by atoms with Crippen LogP contribution < -0.4 is 10.5 Å². The molecule has 0 unspecified atom stereocenters. The number of benzene rings is 1. The normalized spacial score (nSPS) is 17.6. The third-order valence-corrected chi connectivity index (χ3v) is 2.86. The molecule has 2 N–H and O–H groups in total. The van der Waals surface area contributed by atoms with Gasteiger partial charge in [-0.15, -0.1) is 0 Å². The molecule has 0 amide bonds. The van der Waals surface area contributed by atoms with Crippen molar-refractivity contribution in [1.82, 2.24) is 0 Å². The molecule has 5 nitrogen and oxygen atoms in total.